The van der Waals surface area contributed by atoms with Gasteiger partial charge in [-0.05, 0) is 12.1 Å². The number of hydrogen-bond donors (Lipinski definition) is 1. The fourth-order valence-corrected chi connectivity index (χ4v) is 1.24. The third-order valence-electron chi connectivity index (χ3n) is 1.97. The summed E-state index contributed by atoms with van der Waals surface area (Å²) >= 11 is 0. The molecule has 0 saturated heterocycles. The number of carbonyl (C=O) groups excluding carboxylic acids is 1. The minimum absolute atomic E-state index is 0.213. The van der Waals surface area contributed by atoms with Gasteiger partial charge in [-0.2, -0.15) is 26.3 Å². The number of rotatable bonds is 1. The van der Waals surface area contributed by atoms with Gasteiger partial charge in [0, 0.05) is 0 Å². The van der Waals surface area contributed by atoms with Gasteiger partial charge in [-0.15, -0.1) is 0 Å². The first-order chi connectivity index (χ1) is 7.94. The first kappa shape index (κ1) is 14.3. The number of nitrogens with two attached hydrogens (primary N) is 1. The molecule has 0 heterocycles. The predicted molar refractivity (Wildman–Crippen MR) is 44.9 cm³/mol. The molecule has 0 spiro atoms. The van der Waals surface area contributed by atoms with Gasteiger partial charge in [-0.3, -0.25) is 4.79 Å². The summed E-state index contributed by atoms with van der Waals surface area (Å²) in [5, 5.41) is 0. The molecule has 1 aromatic rings. The van der Waals surface area contributed by atoms with Gasteiger partial charge in [0.15, 0.2) is 0 Å². The normalized spacial score (nSPS) is 12.6. The van der Waals surface area contributed by atoms with Gasteiger partial charge in [0.2, 0.25) is 0 Å². The van der Waals surface area contributed by atoms with Crippen LogP contribution in [0.5, 0.6) is 0 Å². The van der Waals surface area contributed by atoms with Crippen molar-refractivity contribution in [3.05, 3.63) is 34.6 Å². The maximum Gasteiger partial charge on any atom is 0.417 e. The van der Waals surface area contributed by atoms with Gasteiger partial charge in [-0.1, -0.05) is 0 Å². The molecular weight excluding hydrogens is 271 g/mol. The summed E-state index contributed by atoms with van der Waals surface area (Å²) in [5.74, 6) is -3.77. The molecule has 18 heavy (non-hydrogen) atoms. The second-order valence-corrected chi connectivity index (χ2v) is 3.24. The maximum atomic E-state index is 13.1. The van der Waals surface area contributed by atoms with E-state index in [1.165, 1.54) is 0 Å². The standard InChI is InChI=1S/C9H4F7NO/c10-5-2-3(8(11,12)13)1-4(9(14,15)16)6(5)7(17)18/h1-2H,(H2,17,18). The molecule has 9 heteroatoms. The molecule has 1 amide bonds. The largest absolute Gasteiger partial charge is 0.417 e. The third-order valence-corrected chi connectivity index (χ3v) is 1.97. The lowest BCUT2D eigenvalue weighted by atomic mass is 10.0. The van der Waals surface area contributed by atoms with Crippen LogP contribution in [0.15, 0.2) is 12.1 Å². The van der Waals surface area contributed by atoms with Gasteiger partial charge in [-0.25, -0.2) is 4.39 Å². The van der Waals surface area contributed by atoms with Crippen molar-refractivity contribution in [1.82, 2.24) is 0 Å². The average molecular weight is 275 g/mol. The van der Waals surface area contributed by atoms with Crippen molar-refractivity contribution in [3.63, 3.8) is 0 Å². The van der Waals surface area contributed by atoms with Crippen LogP contribution >= 0.6 is 0 Å². The molecule has 0 unspecified atom stereocenters. The molecule has 1 rings (SSSR count). The van der Waals surface area contributed by atoms with Gasteiger partial charge >= 0.3 is 12.4 Å². The van der Waals surface area contributed by atoms with E-state index >= 15 is 0 Å². The van der Waals surface area contributed by atoms with E-state index in [-0.39, 0.29) is 12.1 Å². The summed E-state index contributed by atoms with van der Waals surface area (Å²) < 4.78 is 87.0. The van der Waals surface area contributed by atoms with E-state index < -0.39 is 40.8 Å². The van der Waals surface area contributed by atoms with Crippen molar-refractivity contribution in [2.24, 2.45) is 5.73 Å². The quantitative estimate of drug-likeness (QED) is 0.787. The number of primary amides is 1. The molecule has 0 atom stereocenters. The van der Waals surface area contributed by atoms with Crippen molar-refractivity contribution in [2.45, 2.75) is 12.4 Å². The van der Waals surface area contributed by atoms with Gasteiger partial charge in [0.05, 0.1) is 16.7 Å². The molecule has 0 radical (unpaired) electrons. The number of halogens is 7. The van der Waals surface area contributed by atoms with E-state index in [0.29, 0.717) is 0 Å². The second kappa shape index (κ2) is 4.14. The fraction of sp³-hybridized carbons (Fsp3) is 0.222. The first-order valence-electron chi connectivity index (χ1n) is 4.22. The summed E-state index contributed by atoms with van der Waals surface area (Å²) in [6.45, 7) is 0. The Balaban J connectivity index is 3.64. The van der Waals surface area contributed by atoms with E-state index in [2.05, 4.69) is 5.73 Å². The Hall–Kier alpha value is -1.80. The van der Waals surface area contributed by atoms with Crippen LogP contribution in [0.25, 0.3) is 0 Å². The van der Waals surface area contributed by atoms with E-state index in [9.17, 15) is 35.5 Å². The molecular formula is C9H4F7NO. The highest BCUT2D eigenvalue weighted by Crippen LogP contribution is 2.38. The van der Waals surface area contributed by atoms with E-state index in [1.54, 1.807) is 0 Å². The molecule has 100 valence electrons. The number of carbonyl (C=O) groups is 1. The number of benzene rings is 1. The second-order valence-electron chi connectivity index (χ2n) is 3.24. The van der Waals surface area contributed by atoms with Gasteiger partial charge in [0.25, 0.3) is 5.91 Å². The molecule has 0 aliphatic heterocycles. The van der Waals surface area contributed by atoms with Crippen molar-refractivity contribution in [2.75, 3.05) is 0 Å². The van der Waals surface area contributed by atoms with Crippen molar-refractivity contribution < 1.29 is 35.5 Å². The monoisotopic (exact) mass is 275 g/mol. The number of hydrogen-bond acceptors (Lipinski definition) is 1. The summed E-state index contributed by atoms with van der Waals surface area (Å²) in [6, 6.07) is -0.571. The molecule has 0 aromatic heterocycles. The Morgan fingerprint density at radius 2 is 1.50 bits per heavy atom. The summed E-state index contributed by atoms with van der Waals surface area (Å²) in [7, 11) is 0. The molecule has 0 aliphatic carbocycles. The summed E-state index contributed by atoms with van der Waals surface area (Å²) in [4.78, 5) is 10.7. The van der Waals surface area contributed by atoms with E-state index in [1.807, 2.05) is 0 Å². The highest BCUT2D eigenvalue weighted by Gasteiger charge is 2.40. The third kappa shape index (κ3) is 2.71. The first-order valence-corrected chi connectivity index (χ1v) is 4.22. The fourth-order valence-electron chi connectivity index (χ4n) is 1.24. The molecule has 0 saturated carbocycles. The molecule has 2 N–H and O–H groups in total. The highest BCUT2D eigenvalue weighted by atomic mass is 19.4. The van der Waals surface area contributed by atoms with Crippen LogP contribution in [0.4, 0.5) is 30.7 Å². The van der Waals surface area contributed by atoms with Gasteiger partial charge in [0.1, 0.15) is 5.82 Å². The average Bonchev–Trinajstić information content (AvgIpc) is 2.12. The number of alkyl halides is 6. The molecule has 1 aromatic carbocycles. The van der Waals surface area contributed by atoms with Crippen LogP contribution in [0.3, 0.4) is 0 Å². The van der Waals surface area contributed by atoms with E-state index in [4.69, 9.17) is 0 Å². The topological polar surface area (TPSA) is 43.1 Å². The Bertz CT molecular complexity index is 489. The summed E-state index contributed by atoms with van der Waals surface area (Å²) in [5.41, 5.74) is -1.01. The Morgan fingerprint density at radius 1 is 1.00 bits per heavy atom. The van der Waals surface area contributed by atoms with E-state index in [0.717, 1.165) is 0 Å². The SMILES string of the molecule is NC(=O)c1c(F)cc(C(F)(F)F)cc1C(F)(F)F. The van der Waals surface area contributed by atoms with Gasteiger partial charge < -0.3 is 5.73 Å². The smallest absolute Gasteiger partial charge is 0.365 e. The predicted octanol–water partition coefficient (Wildman–Crippen LogP) is 2.96. The Labute approximate surface area is 95.2 Å². The molecule has 0 fully saturated rings. The van der Waals surface area contributed by atoms with Crippen LogP contribution in [0.2, 0.25) is 0 Å². The number of amides is 1. The minimum atomic E-state index is -5.33. The van der Waals surface area contributed by atoms with Crippen molar-refractivity contribution in [3.8, 4) is 0 Å². The van der Waals surface area contributed by atoms with Crippen LogP contribution in [0.1, 0.15) is 21.5 Å². The molecule has 0 aliphatic rings. The Morgan fingerprint density at radius 3 is 1.83 bits per heavy atom. The maximum absolute atomic E-state index is 13.1. The summed E-state index contributed by atoms with van der Waals surface area (Å²) in [6.07, 6.45) is -10.5. The lowest BCUT2D eigenvalue weighted by Crippen LogP contribution is -2.22. The zero-order valence-electron chi connectivity index (χ0n) is 8.29. The zero-order valence-corrected chi connectivity index (χ0v) is 8.29. The lowest BCUT2D eigenvalue weighted by Gasteiger charge is -2.15. The molecule has 2 nitrogen and oxygen atoms in total. The molecule has 0 bridgehead atoms. The van der Waals surface area contributed by atoms with Crippen molar-refractivity contribution >= 4 is 5.91 Å². The highest BCUT2D eigenvalue weighted by molar-refractivity contribution is 5.95. The van der Waals surface area contributed by atoms with Crippen LogP contribution in [-0.4, -0.2) is 5.91 Å². The van der Waals surface area contributed by atoms with Crippen LogP contribution in [-0.2, 0) is 12.4 Å². The Kier molecular flexibility index (Phi) is 3.28. The lowest BCUT2D eigenvalue weighted by molar-refractivity contribution is -0.143. The van der Waals surface area contributed by atoms with Crippen molar-refractivity contribution in [1.29, 1.82) is 0 Å². The zero-order chi connectivity index (χ0) is 14.3. The minimum Gasteiger partial charge on any atom is -0.365 e. The van der Waals surface area contributed by atoms with Crippen LogP contribution < -0.4 is 5.73 Å². The van der Waals surface area contributed by atoms with Crippen LogP contribution in [0, 0.1) is 5.82 Å².